The Labute approximate surface area is 173 Å². The third-order valence-electron chi connectivity index (χ3n) is 5.68. The van der Waals surface area contributed by atoms with E-state index < -0.39 is 0 Å². The van der Waals surface area contributed by atoms with Crippen molar-refractivity contribution < 1.29 is 9.59 Å². The number of hydrogen-bond acceptors (Lipinski definition) is 3. The Morgan fingerprint density at radius 1 is 1.14 bits per heavy atom. The summed E-state index contributed by atoms with van der Waals surface area (Å²) in [5.41, 5.74) is 9.36. The molecule has 2 atom stereocenters. The Morgan fingerprint density at radius 2 is 1.86 bits per heavy atom. The van der Waals surface area contributed by atoms with E-state index in [1.165, 1.54) is 11.1 Å². The topological polar surface area (TPSA) is 75.4 Å². The first-order valence-electron chi connectivity index (χ1n) is 10.5. The fraction of sp³-hybridized carbons (Fsp3) is 0.417. The number of carbonyl (C=O) groups excluding carboxylic acids is 2. The molecule has 1 heterocycles. The van der Waals surface area contributed by atoms with Gasteiger partial charge in [-0.15, -0.1) is 0 Å². The highest BCUT2D eigenvalue weighted by Gasteiger charge is 2.29. The van der Waals surface area contributed by atoms with Crippen molar-refractivity contribution in [3.63, 3.8) is 0 Å². The van der Waals surface area contributed by atoms with Gasteiger partial charge in [0.05, 0.1) is 0 Å². The van der Waals surface area contributed by atoms with Gasteiger partial charge < -0.3 is 16.0 Å². The smallest absolute Gasteiger partial charge is 0.251 e. The second-order valence-corrected chi connectivity index (χ2v) is 7.89. The van der Waals surface area contributed by atoms with Gasteiger partial charge in [-0.05, 0) is 55.9 Å². The summed E-state index contributed by atoms with van der Waals surface area (Å²) >= 11 is 0. The van der Waals surface area contributed by atoms with Crippen LogP contribution in [0.3, 0.4) is 0 Å². The SMILES string of the molecule is Cc1ccccc1CC(N)CC(=O)N1CCC[C@H]1CCNC(=O)c1ccccc1. The number of amides is 2. The van der Waals surface area contributed by atoms with Crippen molar-refractivity contribution in [1.82, 2.24) is 10.2 Å². The number of likely N-dealkylation sites (tertiary alicyclic amines) is 1. The molecule has 2 aromatic rings. The van der Waals surface area contributed by atoms with Crippen LogP contribution in [0, 0.1) is 6.92 Å². The second-order valence-electron chi connectivity index (χ2n) is 7.89. The quantitative estimate of drug-likeness (QED) is 0.724. The molecule has 1 fully saturated rings. The van der Waals surface area contributed by atoms with E-state index >= 15 is 0 Å². The highest BCUT2D eigenvalue weighted by atomic mass is 16.2. The van der Waals surface area contributed by atoms with Gasteiger partial charge in [-0.2, -0.15) is 0 Å². The van der Waals surface area contributed by atoms with Crippen LogP contribution in [0.5, 0.6) is 0 Å². The zero-order chi connectivity index (χ0) is 20.6. The lowest BCUT2D eigenvalue weighted by Crippen LogP contribution is -2.41. The Bertz CT molecular complexity index is 822. The molecule has 1 aliphatic rings. The van der Waals surface area contributed by atoms with Gasteiger partial charge in [-0.3, -0.25) is 9.59 Å². The Kier molecular flexibility index (Phi) is 7.42. The highest BCUT2D eigenvalue weighted by Crippen LogP contribution is 2.21. The first-order chi connectivity index (χ1) is 14.0. The van der Waals surface area contributed by atoms with E-state index in [0.717, 1.165) is 25.8 Å². The van der Waals surface area contributed by atoms with Crippen LogP contribution >= 0.6 is 0 Å². The lowest BCUT2D eigenvalue weighted by molar-refractivity contribution is -0.132. The minimum absolute atomic E-state index is 0.0678. The van der Waals surface area contributed by atoms with E-state index in [0.29, 0.717) is 24.9 Å². The van der Waals surface area contributed by atoms with Crippen LogP contribution < -0.4 is 11.1 Å². The van der Waals surface area contributed by atoms with Crippen LogP contribution in [0.15, 0.2) is 54.6 Å². The van der Waals surface area contributed by atoms with E-state index in [4.69, 9.17) is 5.73 Å². The number of rotatable bonds is 8. The zero-order valence-electron chi connectivity index (χ0n) is 17.1. The fourth-order valence-corrected chi connectivity index (χ4v) is 4.04. The monoisotopic (exact) mass is 393 g/mol. The predicted molar refractivity (Wildman–Crippen MR) is 116 cm³/mol. The number of hydrogen-bond donors (Lipinski definition) is 2. The third-order valence-corrected chi connectivity index (χ3v) is 5.68. The summed E-state index contributed by atoms with van der Waals surface area (Å²) < 4.78 is 0. The number of benzene rings is 2. The number of nitrogens with two attached hydrogens (primary N) is 1. The molecule has 3 N–H and O–H groups in total. The standard InChI is InChI=1S/C24H31N3O2/c1-18-8-5-6-11-20(18)16-21(25)17-23(28)27-15-7-12-22(27)13-14-26-24(29)19-9-3-2-4-10-19/h2-6,8-11,21-22H,7,12-17,25H2,1H3,(H,26,29)/t21?,22-/m0/s1. The summed E-state index contributed by atoms with van der Waals surface area (Å²) in [6.45, 7) is 3.43. The van der Waals surface area contributed by atoms with Crippen molar-refractivity contribution in [2.24, 2.45) is 5.73 Å². The number of nitrogens with zero attached hydrogens (tertiary/aromatic N) is 1. The first kappa shape index (κ1) is 21.1. The molecule has 0 spiro atoms. The van der Waals surface area contributed by atoms with Crippen LogP contribution in [0.4, 0.5) is 0 Å². The summed E-state index contributed by atoms with van der Waals surface area (Å²) in [6.07, 6.45) is 3.85. The summed E-state index contributed by atoms with van der Waals surface area (Å²) in [5, 5.41) is 2.96. The Hall–Kier alpha value is -2.66. The van der Waals surface area contributed by atoms with Gasteiger partial charge >= 0.3 is 0 Å². The van der Waals surface area contributed by atoms with Crippen LogP contribution in [-0.4, -0.2) is 41.9 Å². The first-order valence-corrected chi connectivity index (χ1v) is 10.5. The predicted octanol–water partition coefficient (Wildman–Crippen LogP) is 3.07. The van der Waals surface area contributed by atoms with Gasteiger partial charge in [0.15, 0.2) is 0 Å². The normalized spacial score (nSPS) is 17.2. The maximum absolute atomic E-state index is 12.8. The molecule has 0 aromatic heterocycles. The zero-order valence-corrected chi connectivity index (χ0v) is 17.1. The lowest BCUT2D eigenvalue weighted by atomic mass is 9.99. The van der Waals surface area contributed by atoms with Crippen LogP contribution in [-0.2, 0) is 11.2 Å². The Morgan fingerprint density at radius 3 is 2.62 bits per heavy atom. The minimum Gasteiger partial charge on any atom is -0.352 e. The van der Waals surface area contributed by atoms with Crippen LogP contribution in [0.1, 0.15) is 47.2 Å². The molecule has 154 valence electrons. The molecule has 3 rings (SSSR count). The summed E-state index contributed by atoms with van der Waals surface area (Å²) in [6, 6.07) is 17.4. The van der Waals surface area contributed by atoms with Crippen molar-refractivity contribution in [3.8, 4) is 0 Å². The average molecular weight is 394 g/mol. The molecular weight excluding hydrogens is 362 g/mol. The molecule has 1 aliphatic heterocycles. The molecule has 1 unspecified atom stereocenters. The summed E-state index contributed by atoms with van der Waals surface area (Å²) in [7, 11) is 0. The number of nitrogens with one attached hydrogen (secondary N) is 1. The van der Waals surface area contributed by atoms with Crippen molar-refractivity contribution in [1.29, 1.82) is 0 Å². The van der Waals surface area contributed by atoms with Crippen molar-refractivity contribution in [2.45, 2.75) is 51.1 Å². The third kappa shape index (κ3) is 5.91. The van der Waals surface area contributed by atoms with Gasteiger partial charge in [0.2, 0.25) is 5.91 Å². The van der Waals surface area contributed by atoms with E-state index in [9.17, 15) is 9.59 Å². The van der Waals surface area contributed by atoms with Crippen LogP contribution in [0.25, 0.3) is 0 Å². The molecular formula is C24H31N3O2. The number of aryl methyl sites for hydroxylation is 1. The molecule has 0 radical (unpaired) electrons. The van der Waals surface area contributed by atoms with Gasteiger partial charge in [0, 0.05) is 37.2 Å². The van der Waals surface area contributed by atoms with Gasteiger partial charge in [-0.1, -0.05) is 42.5 Å². The van der Waals surface area contributed by atoms with Crippen molar-refractivity contribution in [2.75, 3.05) is 13.1 Å². The van der Waals surface area contributed by atoms with Gasteiger partial charge in [-0.25, -0.2) is 0 Å². The molecule has 29 heavy (non-hydrogen) atoms. The molecule has 0 bridgehead atoms. The van der Waals surface area contributed by atoms with Gasteiger partial charge in [0.25, 0.3) is 5.91 Å². The summed E-state index contributed by atoms with van der Waals surface area (Å²) in [4.78, 5) is 27.0. The van der Waals surface area contributed by atoms with Crippen molar-refractivity contribution >= 4 is 11.8 Å². The van der Waals surface area contributed by atoms with E-state index in [1.807, 2.05) is 35.2 Å². The van der Waals surface area contributed by atoms with E-state index in [2.05, 4.69) is 24.4 Å². The maximum atomic E-state index is 12.8. The average Bonchev–Trinajstić information content (AvgIpc) is 3.19. The molecule has 2 amide bonds. The largest absolute Gasteiger partial charge is 0.352 e. The lowest BCUT2D eigenvalue weighted by Gasteiger charge is -2.26. The van der Waals surface area contributed by atoms with E-state index in [-0.39, 0.29) is 23.9 Å². The molecule has 1 saturated heterocycles. The second kappa shape index (κ2) is 10.2. The van der Waals surface area contributed by atoms with Crippen LogP contribution in [0.2, 0.25) is 0 Å². The summed E-state index contributed by atoms with van der Waals surface area (Å²) in [5.74, 6) is 0.0599. The fourth-order valence-electron chi connectivity index (χ4n) is 4.04. The van der Waals surface area contributed by atoms with Crippen molar-refractivity contribution in [3.05, 3.63) is 71.3 Å². The Balaban J connectivity index is 1.46. The molecule has 0 aliphatic carbocycles. The van der Waals surface area contributed by atoms with E-state index in [1.54, 1.807) is 12.1 Å². The minimum atomic E-state index is -0.178. The molecule has 2 aromatic carbocycles. The van der Waals surface area contributed by atoms with Gasteiger partial charge in [0.1, 0.15) is 0 Å². The maximum Gasteiger partial charge on any atom is 0.251 e. The molecule has 5 heteroatoms. The highest BCUT2D eigenvalue weighted by molar-refractivity contribution is 5.94. The molecule has 0 saturated carbocycles. The number of carbonyl (C=O) groups is 2. The molecule has 5 nitrogen and oxygen atoms in total.